The summed E-state index contributed by atoms with van der Waals surface area (Å²) >= 11 is 1.68. The summed E-state index contributed by atoms with van der Waals surface area (Å²) in [4.78, 5) is 5.29. The molecule has 28 heavy (non-hydrogen) atoms. The number of hydrogen-bond donors (Lipinski definition) is 3. The number of guanidine groups is 1. The largest absolute Gasteiger partial charge is 0.356 e. The van der Waals surface area contributed by atoms with Gasteiger partial charge in [-0.1, -0.05) is 12.1 Å². The van der Waals surface area contributed by atoms with Gasteiger partial charge in [-0.05, 0) is 54.1 Å². The van der Waals surface area contributed by atoms with Gasteiger partial charge in [0.05, 0.1) is 4.90 Å². The van der Waals surface area contributed by atoms with Crippen molar-refractivity contribution in [1.29, 1.82) is 0 Å². The zero-order chi connectivity index (χ0) is 19.7. The summed E-state index contributed by atoms with van der Waals surface area (Å²) in [6, 6.07) is 12.8. The highest BCUT2D eigenvalue weighted by atomic mass is 127. The summed E-state index contributed by atoms with van der Waals surface area (Å²) in [7, 11) is -1.99. The highest BCUT2D eigenvalue weighted by molar-refractivity contribution is 14.0. The van der Waals surface area contributed by atoms with E-state index in [0.29, 0.717) is 12.5 Å². The first kappa shape index (κ1) is 24.7. The molecule has 0 aromatic heterocycles. The third-order valence-corrected chi connectivity index (χ3v) is 5.66. The Labute approximate surface area is 186 Å². The molecule has 0 saturated heterocycles. The molecule has 0 fully saturated rings. The van der Waals surface area contributed by atoms with Crippen LogP contribution >= 0.6 is 35.7 Å². The van der Waals surface area contributed by atoms with Gasteiger partial charge in [0.15, 0.2) is 5.96 Å². The summed E-state index contributed by atoms with van der Waals surface area (Å²) in [5, 5.41) is 11.5. The maximum absolute atomic E-state index is 12.9. The van der Waals surface area contributed by atoms with Gasteiger partial charge in [0.1, 0.15) is 5.82 Å². The molecule has 0 aliphatic carbocycles. The van der Waals surface area contributed by atoms with Crippen LogP contribution in [0, 0.1) is 5.82 Å². The third kappa shape index (κ3) is 8.76. The van der Waals surface area contributed by atoms with Crippen molar-refractivity contribution >= 4 is 51.7 Å². The molecule has 4 N–H and O–H groups in total. The zero-order valence-corrected chi connectivity index (χ0v) is 19.4. The predicted octanol–water partition coefficient (Wildman–Crippen LogP) is 2.94. The van der Waals surface area contributed by atoms with Gasteiger partial charge in [-0.2, -0.15) is 0 Å². The molecule has 6 nitrogen and oxygen atoms in total. The fourth-order valence-electron chi connectivity index (χ4n) is 2.20. The second-order valence-corrected chi connectivity index (χ2v) is 8.43. The highest BCUT2D eigenvalue weighted by Gasteiger charge is 2.06. The Hall–Kier alpha value is -1.37. The number of halogens is 2. The lowest BCUT2D eigenvalue weighted by molar-refractivity contribution is 0.597. The number of aliphatic imine (C=N–C) groups is 1. The van der Waals surface area contributed by atoms with E-state index in [1.165, 1.54) is 24.3 Å². The molecule has 0 spiro atoms. The fraction of sp³-hybridized carbons (Fsp3) is 0.278. The van der Waals surface area contributed by atoms with E-state index in [1.807, 2.05) is 0 Å². The minimum absolute atomic E-state index is 0. The zero-order valence-electron chi connectivity index (χ0n) is 15.4. The number of nitrogens with two attached hydrogens (primary N) is 1. The first-order valence-electron chi connectivity index (χ1n) is 8.33. The van der Waals surface area contributed by atoms with Crippen LogP contribution in [0.15, 0.2) is 63.3 Å². The molecule has 0 unspecified atom stereocenters. The molecular formula is C18H24FIN4O2S2. The maximum atomic E-state index is 12.9. The number of rotatable bonds is 8. The smallest absolute Gasteiger partial charge is 0.238 e. The van der Waals surface area contributed by atoms with Crippen LogP contribution in [0.2, 0.25) is 0 Å². The number of thioether (sulfide) groups is 1. The molecule has 0 aliphatic heterocycles. The van der Waals surface area contributed by atoms with E-state index < -0.39 is 10.0 Å². The van der Waals surface area contributed by atoms with Gasteiger partial charge in [0.2, 0.25) is 10.0 Å². The first-order valence-corrected chi connectivity index (χ1v) is 10.9. The van der Waals surface area contributed by atoms with Crippen molar-refractivity contribution in [2.45, 2.75) is 22.8 Å². The van der Waals surface area contributed by atoms with Gasteiger partial charge >= 0.3 is 0 Å². The van der Waals surface area contributed by atoms with Crippen LogP contribution in [0.3, 0.4) is 0 Å². The quantitative estimate of drug-likeness (QED) is 0.158. The van der Waals surface area contributed by atoms with Crippen LogP contribution in [-0.2, 0) is 16.6 Å². The van der Waals surface area contributed by atoms with Crippen LogP contribution < -0.4 is 15.8 Å². The molecule has 154 valence electrons. The summed E-state index contributed by atoms with van der Waals surface area (Å²) in [5.74, 6) is 1.34. The van der Waals surface area contributed by atoms with Crippen LogP contribution in [-0.4, -0.2) is 33.7 Å². The van der Waals surface area contributed by atoms with E-state index in [9.17, 15) is 12.8 Å². The average Bonchev–Trinajstić information content (AvgIpc) is 2.65. The highest BCUT2D eigenvalue weighted by Crippen LogP contribution is 2.18. The standard InChI is InChI=1S/C18H23FN4O2S2.HI/c1-21-18(22-11-2-12-26-16-7-5-15(19)6-8-16)23-13-14-3-9-17(10-4-14)27(20,24)25;/h3-10H,2,11-13H2,1H3,(H2,20,24,25)(H2,21,22,23);1H. The van der Waals surface area contributed by atoms with E-state index in [1.54, 1.807) is 43.1 Å². The molecule has 0 aliphatic rings. The Morgan fingerprint density at radius 3 is 2.32 bits per heavy atom. The topological polar surface area (TPSA) is 96.6 Å². The summed E-state index contributed by atoms with van der Waals surface area (Å²) in [6.07, 6.45) is 0.922. The molecule has 0 amide bonds. The number of hydrogen-bond acceptors (Lipinski definition) is 4. The Balaban J connectivity index is 0.00000392. The molecule has 0 saturated carbocycles. The van der Waals surface area contributed by atoms with Crippen molar-refractivity contribution in [1.82, 2.24) is 10.6 Å². The number of benzene rings is 2. The van der Waals surface area contributed by atoms with E-state index >= 15 is 0 Å². The molecule has 2 aromatic rings. The van der Waals surface area contributed by atoms with Crippen molar-refractivity contribution in [3.63, 3.8) is 0 Å². The number of nitrogens with one attached hydrogen (secondary N) is 2. The molecule has 10 heteroatoms. The van der Waals surface area contributed by atoms with Gasteiger partial charge in [0, 0.05) is 25.0 Å². The monoisotopic (exact) mass is 538 g/mol. The van der Waals surface area contributed by atoms with E-state index in [2.05, 4.69) is 15.6 Å². The summed E-state index contributed by atoms with van der Waals surface area (Å²) in [5.41, 5.74) is 0.914. The van der Waals surface area contributed by atoms with Crippen LogP contribution in [0.5, 0.6) is 0 Å². The first-order chi connectivity index (χ1) is 12.9. The van der Waals surface area contributed by atoms with Crippen molar-refractivity contribution in [2.24, 2.45) is 10.1 Å². The lowest BCUT2D eigenvalue weighted by Gasteiger charge is -2.12. The molecule has 0 radical (unpaired) electrons. The Morgan fingerprint density at radius 2 is 1.75 bits per heavy atom. The minimum atomic E-state index is -3.67. The van der Waals surface area contributed by atoms with Crippen molar-refractivity contribution in [3.8, 4) is 0 Å². The van der Waals surface area contributed by atoms with Crippen LogP contribution in [0.4, 0.5) is 4.39 Å². The van der Waals surface area contributed by atoms with Gasteiger partial charge in [-0.3, -0.25) is 4.99 Å². The molecule has 0 heterocycles. The molecular weight excluding hydrogens is 514 g/mol. The SMILES string of the molecule is CN=C(NCCCSc1ccc(F)cc1)NCc1ccc(S(N)(=O)=O)cc1.I. The Morgan fingerprint density at radius 1 is 1.11 bits per heavy atom. The van der Waals surface area contributed by atoms with Gasteiger partial charge in [-0.15, -0.1) is 35.7 Å². The van der Waals surface area contributed by atoms with Crippen molar-refractivity contribution in [2.75, 3.05) is 19.3 Å². The maximum Gasteiger partial charge on any atom is 0.238 e. The molecule has 0 bridgehead atoms. The normalized spacial score (nSPS) is 11.6. The van der Waals surface area contributed by atoms with Gasteiger partial charge < -0.3 is 10.6 Å². The summed E-state index contributed by atoms with van der Waals surface area (Å²) in [6.45, 7) is 1.26. The van der Waals surface area contributed by atoms with Crippen LogP contribution in [0.1, 0.15) is 12.0 Å². The average molecular weight is 538 g/mol. The van der Waals surface area contributed by atoms with Gasteiger partial charge in [0.25, 0.3) is 0 Å². The van der Waals surface area contributed by atoms with Gasteiger partial charge in [-0.25, -0.2) is 17.9 Å². The lowest BCUT2D eigenvalue weighted by atomic mass is 10.2. The fourth-order valence-corrected chi connectivity index (χ4v) is 3.57. The number of sulfonamides is 1. The second-order valence-electron chi connectivity index (χ2n) is 5.70. The minimum Gasteiger partial charge on any atom is -0.356 e. The van der Waals surface area contributed by atoms with Crippen molar-refractivity contribution in [3.05, 3.63) is 59.9 Å². The molecule has 0 atom stereocenters. The second kappa shape index (κ2) is 12.2. The molecule has 2 aromatic carbocycles. The third-order valence-electron chi connectivity index (χ3n) is 3.63. The number of nitrogens with zero attached hydrogens (tertiary/aromatic N) is 1. The molecule has 2 rings (SSSR count). The van der Waals surface area contributed by atoms with Crippen LogP contribution in [0.25, 0.3) is 0 Å². The van der Waals surface area contributed by atoms with E-state index in [0.717, 1.165) is 29.2 Å². The van der Waals surface area contributed by atoms with E-state index in [-0.39, 0.29) is 34.7 Å². The summed E-state index contributed by atoms with van der Waals surface area (Å²) < 4.78 is 35.3. The predicted molar refractivity (Wildman–Crippen MR) is 123 cm³/mol. The van der Waals surface area contributed by atoms with Crippen molar-refractivity contribution < 1.29 is 12.8 Å². The Bertz CT molecular complexity index is 860. The number of primary sulfonamides is 1. The Kier molecular flexibility index (Phi) is 10.8. The lowest BCUT2D eigenvalue weighted by Crippen LogP contribution is -2.37. The van der Waals surface area contributed by atoms with E-state index in [4.69, 9.17) is 5.14 Å².